The maximum absolute atomic E-state index is 11.7. The average molecular weight is 657 g/mol. The fourth-order valence-electron chi connectivity index (χ4n) is 5.91. The quantitative estimate of drug-likeness (QED) is 0.179. The highest BCUT2D eigenvalue weighted by Gasteiger charge is 2.25. The van der Waals surface area contributed by atoms with E-state index in [9.17, 15) is 10.2 Å². The average Bonchev–Trinajstić information content (AvgIpc) is 3.70. The van der Waals surface area contributed by atoms with Gasteiger partial charge < -0.3 is 10.2 Å². The lowest BCUT2D eigenvalue weighted by atomic mass is 10.0. The molecule has 6 heteroatoms. The van der Waals surface area contributed by atoms with Crippen molar-refractivity contribution in [3.05, 3.63) is 158 Å². The van der Waals surface area contributed by atoms with Crippen molar-refractivity contribution in [2.24, 2.45) is 0 Å². The Morgan fingerprint density at radius 3 is 0.938 bits per heavy atom. The molecule has 0 saturated heterocycles. The van der Waals surface area contributed by atoms with Crippen LogP contribution in [0.25, 0.3) is 75.7 Å². The molecule has 0 fully saturated rings. The zero-order valence-corrected chi connectivity index (χ0v) is 27.2. The van der Waals surface area contributed by atoms with Gasteiger partial charge in [0.2, 0.25) is 0 Å². The van der Waals surface area contributed by atoms with Crippen molar-refractivity contribution < 1.29 is 10.2 Å². The fraction of sp³-hybridized carbons (Fsp3) is 0. The standard InChI is InChI=1S/C42H28N2O2S2/c45-37-35(39(27-15-5-1-6-16-27)47-41(37)29-19-9-3-10-20-29)33-25-13-23-31(43-33)32-24-14-26-34(44-32)36-38(46)42(30-21-11-4-12-22-30)48-40(36)28-17-7-2-8-18-28/h1-26,45-46H. The Labute approximate surface area is 286 Å². The Kier molecular flexibility index (Phi) is 7.86. The summed E-state index contributed by atoms with van der Waals surface area (Å²) in [5.41, 5.74) is 7.96. The van der Waals surface area contributed by atoms with Crippen LogP contribution in [-0.2, 0) is 0 Å². The van der Waals surface area contributed by atoms with Crippen LogP contribution in [0.3, 0.4) is 0 Å². The Morgan fingerprint density at radius 1 is 0.312 bits per heavy atom. The van der Waals surface area contributed by atoms with Crippen LogP contribution in [-0.4, -0.2) is 20.2 Å². The molecule has 0 spiro atoms. The molecule has 230 valence electrons. The fourth-order valence-corrected chi connectivity index (χ4v) is 8.34. The van der Waals surface area contributed by atoms with Gasteiger partial charge >= 0.3 is 0 Å². The molecule has 0 unspecified atom stereocenters. The molecule has 4 aromatic carbocycles. The topological polar surface area (TPSA) is 66.2 Å². The van der Waals surface area contributed by atoms with Gasteiger partial charge in [-0.15, -0.1) is 22.7 Å². The van der Waals surface area contributed by atoms with Crippen LogP contribution in [0, 0.1) is 0 Å². The van der Waals surface area contributed by atoms with Crippen molar-refractivity contribution in [1.29, 1.82) is 0 Å². The maximum atomic E-state index is 11.7. The highest BCUT2D eigenvalue weighted by Crippen LogP contribution is 2.52. The van der Waals surface area contributed by atoms with Gasteiger partial charge in [-0.2, -0.15) is 0 Å². The molecule has 0 radical (unpaired) electrons. The monoisotopic (exact) mass is 656 g/mol. The van der Waals surface area contributed by atoms with E-state index in [1.165, 1.54) is 0 Å². The summed E-state index contributed by atoms with van der Waals surface area (Å²) in [6.45, 7) is 0. The molecule has 0 saturated carbocycles. The lowest BCUT2D eigenvalue weighted by Crippen LogP contribution is -1.93. The van der Waals surface area contributed by atoms with E-state index in [0.29, 0.717) is 33.9 Å². The van der Waals surface area contributed by atoms with E-state index < -0.39 is 0 Å². The van der Waals surface area contributed by atoms with E-state index in [1.54, 1.807) is 22.7 Å². The summed E-state index contributed by atoms with van der Waals surface area (Å²) in [4.78, 5) is 13.7. The van der Waals surface area contributed by atoms with Crippen molar-refractivity contribution in [2.75, 3.05) is 0 Å². The molecule has 0 bridgehead atoms. The van der Waals surface area contributed by atoms with Gasteiger partial charge in [-0.1, -0.05) is 133 Å². The zero-order valence-electron chi connectivity index (χ0n) is 25.6. The van der Waals surface area contributed by atoms with Crippen molar-refractivity contribution in [1.82, 2.24) is 9.97 Å². The second kappa shape index (κ2) is 12.8. The summed E-state index contributed by atoms with van der Waals surface area (Å²) in [5.74, 6) is 0.418. The van der Waals surface area contributed by atoms with E-state index >= 15 is 0 Å². The third-order valence-electron chi connectivity index (χ3n) is 8.18. The molecule has 0 aliphatic heterocycles. The molecule has 0 aliphatic carbocycles. The summed E-state index contributed by atoms with van der Waals surface area (Å²) in [6, 6.07) is 51.7. The highest BCUT2D eigenvalue weighted by molar-refractivity contribution is 7.20. The molecule has 0 amide bonds. The predicted molar refractivity (Wildman–Crippen MR) is 199 cm³/mol. The first-order valence-corrected chi connectivity index (χ1v) is 17.2. The minimum Gasteiger partial charge on any atom is -0.506 e. The van der Waals surface area contributed by atoms with Gasteiger partial charge in [-0.3, -0.25) is 0 Å². The molecular weight excluding hydrogens is 629 g/mol. The van der Waals surface area contributed by atoms with Crippen LogP contribution in [0.15, 0.2) is 158 Å². The smallest absolute Gasteiger partial charge is 0.144 e. The first kappa shape index (κ1) is 29.6. The number of hydrogen-bond acceptors (Lipinski definition) is 6. The molecule has 8 rings (SSSR count). The Bertz CT molecular complexity index is 2180. The summed E-state index contributed by atoms with van der Waals surface area (Å²) in [6.07, 6.45) is 0. The molecule has 4 nitrogen and oxygen atoms in total. The first-order valence-electron chi connectivity index (χ1n) is 15.5. The van der Waals surface area contributed by atoms with Crippen LogP contribution >= 0.6 is 22.7 Å². The summed E-state index contributed by atoms with van der Waals surface area (Å²) in [5, 5.41) is 23.5. The van der Waals surface area contributed by atoms with E-state index in [1.807, 2.05) is 133 Å². The number of hydrogen-bond donors (Lipinski definition) is 2. The van der Waals surface area contributed by atoms with E-state index in [2.05, 4.69) is 24.3 Å². The summed E-state index contributed by atoms with van der Waals surface area (Å²) in [7, 11) is 0. The molecular formula is C42H28N2O2S2. The number of nitrogens with zero attached hydrogens (tertiary/aromatic N) is 2. The van der Waals surface area contributed by atoms with Gasteiger partial charge in [0.15, 0.2) is 0 Å². The molecule has 4 heterocycles. The number of benzene rings is 4. The second-order valence-electron chi connectivity index (χ2n) is 11.2. The molecule has 0 atom stereocenters. The number of pyridine rings is 2. The van der Waals surface area contributed by atoms with Crippen LogP contribution < -0.4 is 0 Å². The third kappa shape index (κ3) is 5.47. The normalized spacial score (nSPS) is 11.1. The zero-order chi connectivity index (χ0) is 32.5. The van der Waals surface area contributed by atoms with E-state index in [0.717, 1.165) is 41.8 Å². The van der Waals surface area contributed by atoms with Gasteiger partial charge in [0.05, 0.1) is 43.7 Å². The van der Waals surface area contributed by atoms with Crippen LogP contribution in [0.2, 0.25) is 0 Å². The van der Waals surface area contributed by atoms with Gasteiger partial charge in [-0.05, 0) is 46.5 Å². The molecule has 2 N–H and O–H groups in total. The molecule has 8 aromatic rings. The Hall–Kier alpha value is -5.82. The van der Waals surface area contributed by atoms with Crippen LogP contribution in [0.4, 0.5) is 0 Å². The van der Waals surface area contributed by atoms with Crippen molar-refractivity contribution in [3.8, 4) is 87.2 Å². The SMILES string of the molecule is Oc1c(-c2ccccc2)sc(-c2ccccc2)c1-c1cccc(-c2cccc(-c3c(-c4ccccc4)sc(-c4ccccc4)c3O)n2)n1. The van der Waals surface area contributed by atoms with Crippen LogP contribution in [0.1, 0.15) is 0 Å². The lowest BCUT2D eigenvalue weighted by molar-refractivity contribution is 0.481. The Morgan fingerprint density at radius 2 is 0.604 bits per heavy atom. The Balaban J connectivity index is 1.26. The van der Waals surface area contributed by atoms with Gasteiger partial charge in [-0.25, -0.2) is 9.97 Å². The van der Waals surface area contributed by atoms with Gasteiger partial charge in [0.1, 0.15) is 11.5 Å². The van der Waals surface area contributed by atoms with Crippen LogP contribution in [0.5, 0.6) is 11.5 Å². The van der Waals surface area contributed by atoms with E-state index in [-0.39, 0.29) is 11.5 Å². The third-order valence-corrected chi connectivity index (χ3v) is 10.7. The van der Waals surface area contributed by atoms with Crippen molar-refractivity contribution in [3.63, 3.8) is 0 Å². The first-order chi connectivity index (χ1) is 23.7. The minimum atomic E-state index is 0.209. The summed E-state index contributed by atoms with van der Waals surface area (Å²) >= 11 is 3.12. The van der Waals surface area contributed by atoms with Gasteiger partial charge in [0.25, 0.3) is 0 Å². The highest BCUT2D eigenvalue weighted by atomic mass is 32.1. The molecule has 48 heavy (non-hydrogen) atoms. The molecule has 0 aliphatic rings. The van der Waals surface area contributed by atoms with Crippen molar-refractivity contribution in [2.45, 2.75) is 0 Å². The minimum absolute atomic E-state index is 0.209. The number of rotatable bonds is 7. The number of aromatic nitrogens is 2. The van der Waals surface area contributed by atoms with Crippen molar-refractivity contribution >= 4 is 22.7 Å². The number of aromatic hydroxyl groups is 2. The van der Waals surface area contributed by atoms with Gasteiger partial charge in [0, 0.05) is 9.75 Å². The number of thiophene rings is 2. The predicted octanol–water partition coefficient (Wildman–Crippen LogP) is 11.7. The largest absolute Gasteiger partial charge is 0.506 e. The van der Waals surface area contributed by atoms with E-state index in [4.69, 9.17) is 9.97 Å². The lowest BCUT2D eigenvalue weighted by Gasteiger charge is -2.09. The maximum Gasteiger partial charge on any atom is 0.144 e. The summed E-state index contributed by atoms with van der Waals surface area (Å²) < 4.78 is 0. The molecule has 4 aromatic heterocycles. The second-order valence-corrected chi connectivity index (χ2v) is 13.3.